The van der Waals surface area contributed by atoms with Crippen LogP contribution in [0.5, 0.6) is 11.5 Å². The third kappa shape index (κ3) is 3.99. The Labute approximate surface area is 177 Å². The van der Waals surface area contributed by atoms with Crippen molar-refractivity contribution in [3.63, 3.8) is 0 Å². The van der Waals surface area contributed by atoms with E-state index in [1.54, 1.807) is 18.2 Å². The van der Waals surface area contributed by atoms with E-state index < -0.39 is 6.23 Å². The van der Waals surface area contributed by atoms with Crippen LogP contribution < -0.4 is 9.47 Å². The summed E-state index contributed by atoms with van der Waals surface area (Å²) in [5.74, 6) is 0.672. The first-order chi connectivity index (χ1) is 14.6. The molecule has 0 aliphatic carbocycles. The summed E-state index contributed by atoms with van der Waals surface area (Å²) in [6, 6.07) is 14.6. The summed E-state index contributed by atoms with van der Waals surface area (Å²) in [6.45, 7) is 0.634. The van der Waals surface area contributed by atoms with Gasteiger partial charge in [0.05, 0.1) is 13.7 Å². The normalized spacial score (nSPS) is 18.4. The molecule has 4 rings (SSSR count). The van der Waals surface area contributed by atoms with Crippen LogP contribution in [0.25, 0.3) is 0 Å². The monoisotopic (exact) mass is 428 g/mol. The Kier molecular flexibility index (Phi) is 5.91. The fraction of sp³-hybridized carbons (Fsp3) is 0.286. The SMILES string of the molecule is COc1cccc2c1C(=O)N(CCOC1C(=O)SC(=O)N1Cc1ccccc1)CO2. The van der Waals surface area contributed by atoms with Crippen molar-refractivity contribution in [3.05, 3.63) is 59.7 Å². The van der Waals surface area contributed by atoms with Gasteiger partial charge in [0.2, 0.25) is 11.3 Å². The Morgan fingerprint density at radius 3 is 2.67 bits per heavy atom. The van der Waals surface area contributed by atoms with Crippen molar-refractivity contribution in [1.29, 1.82) is 0 Å². The van der Waals surface area contributed by atoms with Crippen molar-refractivity contribution in [1.82, 2.24) is 9.80 Å². The number of carbonyl (C=O) groups is 3. The zero-order valence-corrected chi connectivity index (χ0v) is 17.1. The lowest BCUT2D eigenvalue weighted by molar-refractivity contribution is -0.130. The summed E-state index contributed by atoms with van der Waals surface area (Å²) in [5, 5.41) is -0.700. The molecule has 1 atom stereocenters. The van der Waals surface area contributed by atoms with Gasteiger partial charge in [0.15, 0.2) is 6.73 Å². The van der Waals surface area contributed by atoms with E-state index in [0.717, 1.165) is 5.56 Å². The summed E-state index contributed by atoms with van der Waals surface area (Å²) >= 11 is 0.639. The molecule has 0 bridgehead atoms. The third-order valence-corrected chi connectivity index (χ3v) is 5.64. The third-order valence-electron chi connectivity index (χ3n) is 4.82. The zero-order valence-electron chi connectivity index (χ0n) is 16.3. The quantitative estimate of drug-likeness (QED) is 0.670. The Bertz CT molecular complexity index is 953. The fourth-order valence-electron chi connectivity index (χ4n) is 3.32. The first-order valence-corrected chi connectivity index (χ1v) is 10.2. The van der Waals surface area contributed by atoms with Crippen LogP contribution in [0, 0.1) is 0 Å². The van der Waals surface area contributed by atoms with Crippen LogP contribution in [0.4, 0.5) is 4.79 Å². The Balaban J connectivity index is 1.39. The number of rotatable bonds is 7. The number of benzene rings is 2. The summed E-state index contributed by atoms with van der Waals surface area (Å²) < 4.78 is 16.6. The van der Waals surface area contributed by atoms with Gasteiger partial charge in [-0.3, -0.25) is 19.3 Å². The van der Waals surface area contributed by atoms with Crippen LogP contribution in [-0.4, -0.2) is 59.3 Å². The van der Waals surface area contributed by atoms with Crippen LogP contribution in [0.3, 0.4) is 0 Å². The standard InChI is InChI=1S/C21H20N2O6S/c1-27-15-8-5-9-16-17(15)18(24)22(13-29-16)10-11-28-19-20(25)30-21(26)23(19)12-14-6-3-2-4-7-14/h2-9,19H,10-13H2,1H3. The second-order valence-electron chi connectivity index (χ2n) is 6.70. The van der Waals surface area contributed by atoms with Gasteiger partial charge in [0.1, 0.15) is 17.1 Å². The van der Waals surface area contributed by atoms with Gasteiger partial charge < -0.3 is 19.1 Å². The minimum absolute atomic E-state index is 0.0718. The first kappa shape index (κ1) is 20.2. The largest absolute Gasteiger partial charge is 0.496 e. The molecular weight excluding hydrogens is 408 g/mol. The molecule has 2 aromatic carbocycles. The topological polar surface area (TPSA) is 85.4 Å². The summed E-state index contributed by atoms with van der Waals surface area (Å²) in [7, 11) is 1.49. The summed E-state index contributed by atoms with van der Waals surface area (Å²) in [5.41, 5.74) is 1.26. The van der Waals surface area contributed by atoms with Gasteiger partial charge in [-0.15, -0.1) is 0 Å². The van der Waals surface area contributed by atoms with E-state index in [1.165, 1.54) is 16.9 Å². The number of ether oxygens (including phenoxy) is 3. The highest BCUT2D eigenvalue weighted by atomic mass is 32.2. The maximum Gasteiger partial charge on any atom is 0.292 e. The van der Waals surface area contributed by atoms with Gasteiger partial charge in [-0.2, -0.15) is 0 Å². The second-order valence-corrected chi connectivity index (χ2v) is 7.65. The molecule has 9 heteroatoms. The number of methoxy groups -OCH3 is 1. The van der Waals surface area contributed by atoms with Gasteiger partial charge in [-0.1, -0.05) is 36.4 Å². The smallest absolute Gasteiger partial charge is 0.292 e. The van der Waals surface area contributed by atoms with Crippen molar-refractivity contribution >= 4 is 28.0 Å². The second kappa shape index (κ2) is 8.76. The predicted molar refractivity (Wildman–Crippen MR) is 109 cm³/mol. The Morgan fingerprint density at radius 2 is 1.90 bits per heavy atom. The molecule has 2 aromatic rings. The average Bonchev–Trinajstić information content (AvgIpc) is 3.02. The zero-order chi connectivity index (χ0) is 21.1. The number of nitrogens with zero attached hydrogens (tertiary/aromatic N) is 2. The van der Waals surface area contributed by atoms with E-state index in [-0.39, 0.29) is 42.7 Å². The number of amides is 2. The molecule has 1 unspecified atom stereocenters. The minimum atomic E-state index is -0.981. The highest BCUT2D eigenvalue weighted by Gasteiger charge is 2.40. The highest BCUT2D eigenvalue weighted by Crippen LogP contribution is 2.33. The molecule has 1 saturated heterocycles. The molecule has 30 heavy (non-hydrogen) atoms. The number of hydrogen-bond acceptors (Lipinski definition) is 7. The Hall–Kier alpha value is -3.04. The van der Waals surface area contributed by atoms with Gasteiger partial charge in [-0.25, -0.2) is 0 Å². The van der Waals surface area contributed by atoms with E-state index in [1.807, 2.05) is 30.3 Å². The highest BCUT2D eigenvalue weighted by molar-refractivity contribution is 8.26. The maximum atomic E-state index is 12.8. The molecule has 2 aliphatic rings. The van der Waals surface area contributed by atoms with Gasteiger partial charge in [0.25, 0.3) is 11.1 Å². The van der Waals surface area contributed by atoms with Crippen LogP contribution >= 0.6 is 11.8 Å². The summed E-state index contributed by atoms with van der Waals surface area (Å²) in [4.78, 5) is 40.1. The van der Waals surface area contributed by atoms with Crippen molar-refractivity contribution in [3.8, 4) is 11.5 Å². The molecule has 0 aromatic heterocycles. The van der Waals surface area contributed by atoms with Gasteiger partial charge in [0, 0.05) is 24.9 Å². The summed E-state index contributed by atoms with van der Waals surface area (Å²) in [6.07, 6.45) is -0.981. The molecule has 2 amide bonds. The minimum Gasteiger partial charge on any atom is -0.496 e. The molecule has 1 fully saturated rings. The fourth-order valence-corrected chi connectivity index (χ4v) is 4.07. The molecule has 0 saturated carbocycles. The lowest BCUT2D eigenvalue weighted by atomic mass is 10.1. The molecule has 156 valence electrons. The van der Waals surface area contributed by atoms with Crippen molar-refractivity contribution < 1.29 is 28.6 Å². The first-order valence-electron chi connectivity index (χ1n) is 9.35. The van der Waals surface area contributed by atoms with E-state index in [9.17, 15) is 14.4 Å². The van der Waals surface area contributed by atoms with E-state index in [4.69, 9.17) is 14.2 Å². The Morgan fingerprint density at radius 1 is 1.10 bits per heavy atom. The maximum absolute atomic E-state index is 12.8. The molecule has 0 radical (unpaired) electrons. The van der Waals surface area contributed by atoms with Gasteiger partial charge in [-0.05, 0) is 17.7 Å². The number of carbonyl (C=O) groups excluding carboxylic acids is 3. The van der Waals surface area contributed by atoms with Crippen molar-refractivity contribution in [2.45, 2.75) is 12.8 Å². The lowest BCUT2D eigenvalue weighted by Crippen LogP contribution is -2.43. The van der Waals surface area contributed by atoms with Crippen LogP contribution in [0.15, 0.2) is 48.5 Å². The van der Waals surface area contributed by atoms with Crippen molar-refractivity contribution in [2.24, 2.45) is 0 Å². The van der Waals surface area contributed by atoms with E-state index in [0.29, 0.717) is 28.8 Å². The average molecular weight is 428 g/mol. The molecule has 0 spiro atoms. The van der Waals surface area contributed by atoms with E-state index in [2.05, 4.69) is 0 Å². The molecule has 2 aliphatic heterocycles. The lowest BCUT2D eigenvalue weighted by Gasteiger charge is -2.30. The number of hydrogen-bond donors (Lipinski definition) is 0. The molecule has 0 N–H and O–H groups in total. The van der Waals surface area contributed by atoms with Crippen LogP contribution in [0.1, 0.15) is 15.9 Å². The van der Waals surface area contributed by atoms with Gasteiger partial charge >= 0.3 is 0 Å². The van der Waals surface area contributed by atoms with Crippen molar-refractivity contribution in [2.75, 3.05) is 27.0 Å². The molecular formula is C21H20N2O6S. The predicted octanol–water partition coefficient (Wildman–Crippen LogP) is 2.73. The molecule has 8 nitrogen and oxygen atoms in total. The molecule has 2 heterocycles. The van der Waals surface area contributed by atoms with Crippen LogP contribution in [-0.2, 0) is 16.1 Å². The van der Waals surface area contributed by atoms with E-state index >= 15 is 0 Å². The number of thioether (sulfide) groups is 1. The number of fused-ring (bicyclic) bond motifs is 1. The van der Waals surface area contributed by atoms with Crippen LogP contribution in [0.2, 0.25) is 0 Å².